The first-order chi connectivity index (χ1) is 13.3. The Kier molecular flexibility index (Phi) is 7.84. The fourth-order valence-electron chi connectivity index (χ4n) is 2.75. The topological polar surface area (TPSA) is 75.0 Å². The Hall–Kier alpha value is -2.57. The summed E-state index contributed by atoms with van der Waals surface area (Å²) >= 11 is 0. The molecule has 0 atom stereocenters. The molecule has 0 saturated carbocycles. The standard InChI is InChI=1S/C21H27FO6/c1-13(2)20(23)27-10-8-6-5-7-9-26-15-11-16(25-4)18-14(3)19(22)21(24)28-17(18)12-15/h11-13H,5-10H2,1-4H3. The molecule has 0 saturated heterocycles. The third-order valence-electron chi connectivity index (χ3n) is 4.37. The van der Waals surface area contributed by atoms with Crippen molar-refractivity contribution >= 4 is 16.9 Å². The van der Waals surface area contributed by atoms with E-state index in [2.05, 4.69) is 0 Å². The minimum absolute atomic E-state index is 0.1000. The van der Waals surface area contributed by atoms with Crippen LogP contribution in [0.25, 0.3) is 11.0 Å². The fraction of sp³-hybridized carbons (Fsp3) is 0.524. The molecule has 0 aliphatic heterocycles. The van der Waals surface area contributed by atoms with Crippen LogP contribution in [0.4, 0.5) is 4.39 Å². The van der Waals surface area contributed by atoms with Gasteiger partial charge in [-0.2, -0.15) is 4.39 Å². The van der Waals surface area contributed by atoms with Crippen LogP contribution in [0.15, 0.2) is 21.3 Å². The molecule has 154 valence electrons. The van der Waals surface area contributed by atoms with E-state index >= 15 is 0 Å². The van der Waals surface area contributed by atoms with E-state index in [9.17, 15) is 14.0 Å². The van der Waals surface area contributed by atoms with Crippen LogP contribution >= 0.6 is 0 Å². The van der Waals surface area contributed by atoms with E-state index in [1.165, 1.54) is 14.0 Å². The van der Waals surface area contributed by atoms with Crippen LogP contribution in [0, 0.1) is 18.7 Å². The van der Waals surface area contributed by atoms with Crippen molar-refractivity contribution in [3.05, 3.63) is 33.9 Å². The van der Waals surface area contributed by atoms with Crippen molar-refractivity contribution in [3.8, 4) is 11.5 Å². The van der Waals surface area contributed by atoms with Crippen LogP contribution in [0.2, 0.25) is 0 Å². The van der Waals surface area contributed by atoms with Gasteiger partial charge in [-0.15, -0.1) is 0 Å². The van der Waals surface area contributed by atoms with Gasteiger partial charge < -0.3 is 18.6 Å². The monoisotopic (exact) mass is 394 g/mol. The van der Waals surface area contributed by atoms with Gasteiger partial charge in [0.05, 0.1) is 31.6 Å². The quantitative estimate of drug-likeness (QED) is 0.338. The summed E-state index contributed by atoms with van der Waals surface area (Å²) in [5, 5.41) is 0.419. The molecule has 0 radical (unpaired) electrons. The smallest absolute Gasteiger partial charge is 0.372 e. The van der Waals surface area contributed by atoms with Gasteiger partial charge in [0.1, 0.15) is 17.1 Å². The molecule has 28 heavy (non-hydrogen) atoms. The molecule has 7 heteroatoms. The predicted octanol–water partition coefficient (Wildman–Crippen LogP) is 4.39. The van der Waals surface area contributed by atoms with Gasteiger partial charge >= 0.3 is 11.6 Å². The summed E-state index contributed by atoms with van der Waals surface area (Å²) in [6, 6.07) is 3.22. The van der Waals surface area contributed by atoms with Crippen LogP contribution in [0.3, 0.4) is 0 Å². The van der Waals surface area contributed by atoms with Crippen molar-refractivity contribution in [2.24, 2.45) is 5.92 Å². The Morgan fingerprint density at radius 2 is 1.82 bits per heavy atom. The number of unbranched alkanes of at least 4 members (excludes halogenated alkanes) is 3. The van der Waals surface area contributed by atoms with Gasteiger partial charge in [0.25, 0.3) is 0 Å². The van der Waals surface area contributed by atoms with Gasteiger partial charge in [0.2, 0.25) is 5.82 Å². The maximum absolute atomic E-state index is 13.8. The zero-order chi connectivity index (χ0) is 20.7. The largest absolute Gasteiger partial charge is 0.496 e. The van der Waals surface area contributed by atoms with Crippen LogP contribution in [-0.2, 0) is 9.53 Å². The van der Waals surface area contributed by atoms with E-state index < -0.39 is 11.4 Å². The molecule has 6 nitrogen and oxygen atoms in total. The number of rotatable bonds is 10. The second-order valence-electron chi connectivity index (χ2n) is 6.91. The lowest BCUT2D eigenvalue weighted by Crippen LogP contribution is -2.12. The lowest BCUT2D eigenvalue weighted by molar-refractivity contribution is -0.147. The molecule has 0 N–H and O–H groups in total. The molecule has 0 unspecified atom stereocenters. The number of carbonyl (C=O) groups is 1. The van der Waals surface area contributed by atoms with E-state index in [0.29, 0.717) is 30.1 Å². The van der Waals surface area contributed by atoms with Crippen LogP contribution in [0.5, 0.6) is 11.5 Å². The zero-order valence-electron chi connectivity index (χ0n) is 16.8. The van der Waals surface area contributed by atoms with Crippen LogP contribution < -0.4 is 15.1 Å². The summed E-state index contributed by atoms with van der Waals surface area (Å²) in [4.78, 5) is 22.9. The number of carbonyl (C=O) groups excluding carboxylic acids is 1. The van der Waals surface area contributed by atoms with Gasteiger partial charge in [-0.05, 0) is 32.6 Å². The molecule has 0 spiro atoms. The highest BCUT2D eigenvalue weighted by Crippen LogP contribution is 2.33. The number of hydrogen-bond acceptors (Lipinski definition) is 6. The van der Waals surface area contributed by atoms with Gasteiger partial charge in [0.15, 0.2) is 0 Å². The first-order valence-electron chi connectivity index (χ1n) is 9.45. The Labute approximate surface area is 163 Å². The average Bonchev–Trinajstić information content (AvgIpc) is 2.67. The number of fused-ring (bicyclic) bond motifs is 1. The summed E-state index contributed by atoms with van der Waals surface area (Å²) in [6.07, 6.45) is 3.51. The first kappa shape index (κ1) is 21.7. The van der Waals surface area contributed by atoms with Crippen molar-refractivity contribution < 1.29 is 27.8 Å². The maximum atomic E-state index is 13.8. The van der Waals surface area contributed by atoms with Gasteiger partial charge in [-0.25, -0.2) is 4.79 Å². The lowest BCUT2D eigenvalue weighted by Gasteiger charge is -2.12. The third-order valence-corrected chi connectivity index (χ3v) is 4.37. The van der Waals surface area contributed by atoms with Crippen molar-refractivity contribution in [3.63, 3.8) is 0 Å². The second-order valence-corrected chi connectivity index (χ2v) is 6.91. The van der Waals surface area contributed by atoms with Gasteiger partial charge in [-0.3, -0.25) is 4.79 Å². The molecular weight excluding hydrogens is 367 g/mol. The van der Waals surface area contributed by atoms with Gasteiger partial charge in [-0.1, -0.05) is 13.8 Å². The highest BCUT2D eigenvalue weighted by Gasteiger charge is 2.16. The summed E-state index contributed by atoms with van der Waals surface area (Å²) < 4.78 is 35.0. The minimum Gasteiger partial charge on any atom is -0.496 e. The minimum atomic E-state index is -1.01. The molecule has 0 aliphatic rings. The summed E-state index contributed by atoms with van der Waals surface area (Å²) in [7, 11) is 1.47. The van der Waals surface area contributed by atoms with E-state index in [4.69, 9.17) is 18.6 Å². The molecule has 2 rings (SSSR count). The Balaban J connectivity index is 1.86. The number of benzene rings is 1. The lowest BCUT2D eigenvalue weighted by atomic mass is 10.1. The molecule has 2 aromatic rings. The number of methoxy groups -OCH3 is 1. The maximum Gasteiger partial charge on any atom is 0.372 e. The van der Waals surface area contributed by atoms with Gasteiger partial charge in [0, 0.05) is 17.7 Å². The zero-order valence-corrected chi connectivity index (χ0v) is 16.8. The molecule has 0 amide bonds. The summed E-state index contributed by atoms with van der Waals surface area (Å²) in [5.74, 6) is -0.310. The molecule has 1 aromatic carbocycles. The number of halogens is 1. The Morgan fingerprint density at radius 3 is 2.46 bits per heavy atom. The fourth-order valence-corrected chi connectivity index (χ4v) is 2.75. The predicted molar refractivity (Wildman–Crippen MR) is 103 cm³/mol. The highest BCUT2D eigenvalue weighted by molar-refractivity contribution is 5.88. The molecule has 1 aromatic heterocycles. The average molecular weight is 394 g/mol. The van der Waals surface area contributed by atoms with Crippen molar-refractivity contribution in [1.82, 2.24) is 0 Å². The van der Waals surface area contributed by atoms with E-state index in [-0.39, 0.29) is 23.0 Å². The molecule has 0 fully saturated rings. The summed E-state index contributed by atoms with van der Waals surface area (Å²) in [6.45, 7) is 6.05. The third kappa shape index (κ3) is 5.47. The Morgan fingerprint density at radius 1 is 1.14 bits per heavy atom. The van der Waals surface area contributed by atoms with E-state index in [1.807, 2.05) is 13.8 Å². The summed E-state index contributed by atoms with van der Waals surface area (Å²) in [5.41, 5.74) is -0.597. The number of hydrogen-bond donors (Lipinski definition) is 0. The number of aryl methyl sites for hydroxylation is 1. The second kappa shape index (κ2) is 10.1. The number of esters is 1. The van der Waals surface area contributed by atoms with E-state index in [1.54, 1.807) is 12.1 Å². The molecule has 0 bridgehead atoms. The number of ether oxygens (including phenoxy) is 3. The van der Waals surface area contributed by atoms with Crippen molar-refractivity contribution in [2.45, 2.75) is 46.5 Å². The molecule has 1 heterocycles. The first-order valence-corrected chi connectivity index (χ1v) is 9.45. The van der Waals surface area contributed by atoms with Crippen molar-refractivity contribution in [1.29, 1.82) is 0 Å². The Bertz CT molecular complexity index is 871. The highest BCUT2D eigenvalue weighted by atomic mass is 19.1. The van der Waals surface area contributed by atoms with Crippen LogP contribution in [0.1, 0.15) is 45.1 Å². The molecule has 0 aliphatic carbocycles. The van der Waals surface area contributed by atoms with Crippen molar-refractivity contribution in [2.75, 3.05) is 20.3 Å². The molecular formula is C21H27FO6. The van der Waals surface area contributed by atoms with E-state index in [0.717, 1.165) is 25.7 Å². The van der Waals surface area contributed by atoms with Crippen LogP contribution in [-0.4, -0.2) is 26.3 Å². The SMILES string of the molecule is COc1cc(OCCCCCCOC(=O)C(C)C)cc2oc(=O)c(F)c(C)c12. The normalized spacial score (nSPS) is 11.1.